The molecule has 0 fully saturated rings. The molecule has 0 N–H and O–H groups in total. The lowest BCUT2D eigenvalue weighted by atomic mass is 10.2. The highest BCUT2D eigenvalue weighted by Crippen LogP contribution is 2.26. The summed E-state index contributed by atoms with van der Waals surface area (Å²) in [6, 6.07) is 5.59. The maximum atomic E-state index is 6.03. The van der Waals surface area contributed by atoms with Crippen molar-refractivity contribution >= 4 is 23.2 Å². The molecular weight excluding hydrogens is 247 g/mol. The maximum absolute atomic E-state index is 6.03. The van der Waals surface area contributed by atoms with Crippen molar-refractivity contribution in [2.24, 2.45) is 0 Å². The Bertz CT molecular complexity index is 316. The molecule has 0 saturated carbocycles. The van der Waals surface area contributed by atoms with E-state index >= 15 is 0 Å². The number of halogens is 2. The lowest BCUT2D eigenvalue weighted by Crippen LogP contribution is -2.03. The van der Waals surface area contributed by atoms with Gasteiger partial charge in [0, 0.05) is 25.5 Å². The molecule has 0 saturated heterocycles. The first-order valence-electron chi connectivity index (χ1n) is 5.33. The maximum Gasteiger partial charge on any atom is 0.137 e. The highest BCUT2D eigenvalue weighted by Gasteiger charge is 2.02. The number of ether oxygens (including phenoxy) is 2. The largest absolute Gasteiger partial charge is 0.492 e. The molecule has 0 amide bonds. The van der Waals surface area contributed by atoms with Gasteiger partial charge in [0.1, 0.15) is 5.75 Å². The molecule has 0 aliphatic rings. The second-order valence-corrected chi connectivity index (χ2v) is 3.97. The third-order valence-electron chi connectivity index (χ3n) is 2.05. The second-order valence-electron chi connectivity index (χ2n) is 3.30. The summed E-state index contributed by atoms with van der Waals surface area (Å²) < 4.78 is 10.7. The molecule has 2 nitrogen and oxygen atoms in total. The average Bonchev–Trinajstić information content (AvgIpc) is 2.30. The van der Waals surface area contributed by atoms with E-state index in [1.807, 2.05) is 25.1 Å². The topological polar surface area (TPSA) is 18.5 Å². The van der Waals surface area contributed by atoms with Gasteiger partial charge in [0.15, 0.2) is 0 Å². The van der Waals surface area contributed by atoms with Gasteiger partial charge in [-0.05, 0) is 24.6 Å². The van der Waals surface area contributed by atoms with Crippen molar-refractivity contribution in [3.8, 4) is 5.75 Å². The Kier molecular flexibility index (Phi) is 6.62. The summed E-state index contributed by atoms with van der Waals surface area (Å²) in [5, 5.41) is 0.606. The Hall–Kier alpha value is -0.440. The van der Waals surface area contributed by atoms with E-state index < -0.39 is 0 Å². The van der Waals surface area contributed by atoms with E-state index in [0.717, 1.165) is 18.6 Å². The first kappa shape index (κ1) is 13.6. The monoisotopic (exact) mass is 262 g/mol. The first-order chi connectivity index (χ1) is 7.77. The Labute approximate surface area is 106 Å². The van der Waals surface area contributed by atoms with Crippen molar-refractivity contribution in [3.63, 3.8) is 0 Å². The van der Waals surface area contributed by atoms with Gasteiger partial charge in [-0.1, -0.05) is 17.7 Å². The molecule has 0 aliphatic heterocycles. The molecule has 1 aromatic rings. The molecule has 0 heterocycles. The van der Waals surface area contributed by atoms with Crippen LogP contribution in [0.1, 0.15) is 18.9 Å². The highest BCUT2D eigenvalue weighted by molar-refractivity contribution is 6.32. The van der Waals surface area contributed by atoms with Crippen LogP contribution in [0.25, 0.3) is 0 Å². The Balaban J connectivity index is 2.36. The van der Waals surface area contributed by atoms with Crippen molar-refractivity contribution in [3.05, 3.63) is 28.8 Å². The quantitative estimate of drug-likeness (QED) is 0.549. The van der Waals surface area contributed by atoms with E-state index in [1.165, 1.54) is 0 Å². The molecule has 0 spiro atoms. The standard InChI is InChI=1S/C12H16Cl2O2/c1-2-15-6-3-7-16-12-5-4-10(9-13)8-11(12)14/h4-5,8H,2-3,6-7,9H2,1H3. The molecule has 1 aromatic carbocycles. The van der Waals surface area contributed by atoms with Gasteiger partial charge < -0.3 is 9.47 Å². The van der Waals surface area contributed by atoms with Crippen LogP contribution in [0.4, 0.5) is 0 Å². The molecule has 0 bridgehead atoms. The normalized spacial score (nSPS) is 10.4. The van der Waals surface area contributed by atoms with Crippen molar-refractivity contribution in [1.29, 1.82) is 0 Å². The van der Waals surface area contributed by atoms with Crippen molar-refractivity contribution in [2.45, 2.75) is 19.2 Å². The van der Waals surface area contributed by atoms with Crippen LogP contribution < -0.4 is 4.74 Å². The third-order valence-corrected chi connectivity index (χ3v) is 2.65. The number of benzene rings is 1. The van der Waals surface area contributed by atoms with Crippen LogP contribution in [-0.2, 0) is 10.6 Å². The van der Waals surface area contributed by atoms with Crippen molar-refractivity contribution in [2.75, 3.05) is 19.8 Å². The molecule has 0 atom stereocenters. The zero-order valence-corrected chi connectivity index (χ0v) is 10.9. The van der Waals surface area contributed by atoms with Gasteiger partial charge in [0.05, 0.1) is 11.6 Å². The first-order valence-corrected chi connectivity index (χ1v) is 6.24. The van der Waals surface area contributed by atoms with E-state index in [-0.39, 0.29) is 0 Å². The molecule has 0 aromatic heterocycles. The Morgan fingerprint density at radius 2 is 2.06 bits per heavy atom. The SMILES string of the molecule is CCOCCCOc1ccc(CCl)cc1Cl. The van der Waals surface area contributed by atoms with Crippen LogP contribution in [0, 0.1) is 0 Å². The lowest BCUT2D eigenvalue weighted by molar-refractivity contribution is 0.131. The van der Waals surface area contributed by atoms with Crippen LogP contribution in [0.2, 0.25) is 5.02 Å². The molecular formula is C12H16Cl2O2. The zero-order valence-electron chi connectivity index (χ0n) is 9.34. The lowest BCUT2D eigenvalue weighted by Gasteiger charge is -2.08. The van der Waals surface area contributed by atoms with Gasteiger partial charge in [0.2, 0.25) is 0 Å². The van der Waals surface area contributed by atoms with Crippen LogP contribution in [0.5, 0.6) is 5.75 Å². The van der Waals surface area contributed by atoms with Crippen LogP contribution >= 0.6 is 23.2 Å². The van der Waals surface area contributed by atoms with Crippen LogP contribution in [0.3, 0.4) is 0 Å². The van der Waals surface area contributed by atoms with Crippen LogP contribution in [0.15, 0.2) is 18.2 Å². The van der Waals surface area contributed by atoms with E-state index in [2.05, 4.69) is 0 Å². The molecule has 0 aliphatic carbocycles. The Morgan fingerprint density at radius 1 is 1.25 bits per heavy atom. The van der Waals surface area contributed by atoms with Gasteiger partial charge in [-0.3, -0.25) is 0 Å². The molecule has 0 radical (unpaired) electrons. The third kappa shape index (κ3) is 4.60. The molecule has 90 valence electrons. The van der Waals surface area contributed by atoms with Gasteiger partial charge >= 0.3 is 0 Å². The minimum atomic E-state index is 0.463. The fourth-order valence-corrected chi connectivity index (χ4v) is 1.66. The summed E-state index contributed by atoms with van der Waals surface area (Å²) in [6.45, 7) is 4.04. The van der Waals surface area contributed by atoms with Gasteiger partial charge in [-0.25, -0.2) is 0 Å². The number of hydrogen-bond donors (Lipinski definition) is 0. The number of hydrogen-bond acceptors (Lipinski definition) is 2. The summed E-state index contributed by atoms with van der Waals surface area (Å²) in [5.41, 5.74) is 0.994. The molecule has 4 heteroatoms. The van der Waals surface area contributed by atoms with E-state index in [9.17, 15) is 0 Å². The summed E-state index contributed by atoms with van der Waals surface area (Å²) >= 11 is 11.7. The minimum Gasteiger partial charge on any atom is -0.492 e. The van der Waals surface area contributed by atoms with Gasteiger partial charge in [-0.15, -0.1) is 11.6 Å². The smallest absolute Gasteiger partial charge is 0.137 e. The second kappa shape index (κ2) is 7.77. The number of alkyl halides is 1. The average molecular weight is 263 g/mol. The van der Waals surface area contributed by atoms with Crippen LogP contribution in [-0.4, -0.2) is 19.8 Å². The predicted molar refractivity (Wildman–Crippen MR) is 67.6 cm³/mol. The van der Waals surface area contributed by atoms with Gasteiger partial charge in [0.25, 0.3) is 0 Å². The molecule has 16 heavy (non-hydrogen) atoms. The highest BCUT2D eigenvalue weighted by atomic mass is 35.5. The fourth-order valence-electron chi connectivity index (χ4n) is 1.23. The van der Waals surface area contributed by atoms with Crippen molar-refractivity contribution < 1.29 is 9.47 Å². The summed E-state index contributed by atoms with van der Waals surface area (Å²) in [4.78, 5) is 0. The van der Waals surface area contributed by atoms with E-state index in [1.54, 1.807) is 0 Å². The van der Waals surface area contributed by atoms with Gasteiger partial charge in [-0.2, -0.15) is 0 Å². The summed E-state index contributed by atoms with van der Waals surface area (Å²) in [6.07, 6.45) is 0.863. The number of rotatable bonds is 7. The zero-order chi connectivity index (χ0) is 11.8. The summed E-state index contributed by atoms with van der Waals surface area (Å²) in [7, 11) is 0. The molecule has 1 rings (SSSR count). The minimum absolute atomic E-state index is 0.463. The summed E-state index contributed by atoms with van der Waals surface area (Å²) in [5.74, 6) is 1.16. The van der Waals surface area contributed by atoms with E-state index in [4.69, 9.17) is 32.7 Å². The van der Waals surface area contributed by atoms with Crippen molar-refractivity contribution in [1.82, 2.24) is 0 Å². The predicted octanol–water partition coefficient (Wildman–Crippen LogP) is 3.88. The Morgan fingerprint density at radius 3 is 2.69 bits per heavy atom. The fraction of sp³-hybridized carbons (Fsp3) is 0.500. The van der Waals surface area contributed by atoms with E-state index in [0.29, 0.717) is 29.9 Å². The molecule has 0 unspecified atom stereocenters.